The maximum atomic E-state index is 14.3. The van der Waals surface area contributed by atoms with Crippen LogP contribution in [-0.4, -0.2) is 53.2 Å². The Bertz CT molecular complexity index is 937. The van der Waals surface area contributed by atoms with Crippen LogP contribution in [0.4, 0.5) is 10.3 Å². The topological polar surface area (TPSA) is 105 Å². The van der Waals surface area contributed by atoms with Crippen LogP contribution in [0.2, 0.25) is 5.02 Å². The molecule has 8 nitrogen and oxygen atoms in total. The molecule has 0 aliphatic carbocycles. The van der Waals surface area contributed by atoms with Crippen LogP contribution < -0.4 is 15.0 Å². The number of nitrogens with zero attached hydrogens (tertiary/aromatic N) is 3. The van der Waals surface area contributed by atoms with Crippen molar-refractivity contribution in [1.82, 2.24) is 15.3 Å². The number of halogens is 2. The highest BCUT2D eigenvalue weighted by Crippen LogP contribution is 2.25. The largest absolute Gasteiger partial charge is 0.493 e. The predicted molar refractivity (Wildman–Crippen MR) is 122 cm³/mol. The van der Waals surface area contributed by atoms with Crippen molar-refractivity contribution in [3.63, 3.8) is 0 Å². The van der Waals surface area contributed by atoms with E-state index in [4.69, 9.17) is 21.4 Å². The summed E-state index contributed by atoms with van der Waals surface area (Å²) < 4.78 is 20.0. The highest BCUT2D eigenvalue weighted by Gasteiger charge is 2.20. The Morgan fingerprint density at radius 3 is 2.64 bits per heavy atom. The summed E-state index contributed by atoms with van der Waals surface area (Å²) in [6.07, 6.45) is 6.93. The van der Waals surface area contributed by atoms with E-state index in [0.29, 0.717) is 29.2 Å². The van der Waals surface area contributed by atoms with E-state index in [1.807, 2.05) is 0 Å². The summed E-state index contributed by atoms with van der Waals surface area (Å²) in [4.78, 5) is 33.0. The van der Waals surface area contributed by atoms with E-state index >= 15 is 0 Å². The van der Waals surface area contributed by atoms with Crippen LogP contribution in [0.1, 0.15) is 37.7 Å². The number of nitrogens with one attached hydrogen (secondary N) is 1. The molecule has 1 amide bonds. The number of amides is 1. The third-order valence-electron chi connectivity index (χ3n) is 5.57. The van der Waals surface area contributed by atoms with Gasteiger partial charge in [0.25, 0.3) is 0 Å². The summed E-state index contributed by atoms with van der Waals surface area (Å²) in [7, 11) is 0. The van der Waals surface area contributed by atoms with Gasteiger partial charge in [0.1, 0.15) is 11.6 Å². The van der Waals surface area contributed by atoms with Gasteiger partial charge in [0.05, 0.1) is 36.9 Å². The number of rotatable bonds is 11. The molecule has 1 saturated heterocycles. The predicted octanol–water partition coefficient (Wildman–Crippen LogP) is 3.48. The van der Waals surface area contributed by atoms with E-state index < -0.39 is 17.7 Å². The van der Waals surface area contributed by atoms with E-state index in [-0.39, 0.29) is 24.9 Å². The highest BCUT2D eigenvalue weighted by atomic mass is 35.5. The Balaban J connectivity index is 1.34. The number of carboxylic acid groups (broad SMARTS) is 1. The minimum atomic E-state index is -0.999. The summed E-state index contributed by atoms with van der Waals surface area (Å²) in [6.45, 7) is 2.33. The quantitative estimate of drug-likeness (QED) is 0.476. The van der Waals surface area contributed by atoms with Crippen LogP contribution in [0, 0.1) is 11.7 Å². The summed E-state index contributed by atoms with van der Waals surface area (Å²) >= 11 is 5.84. The van der Waals surface area contributed by atoms with Gasteiger partial charge in [0, 0.05) is 25.7 Å². The number of carboxylic acids is 1. The van der Waals surface area contributed by atoms with Crippen molar-refractivity contribution >= 4 is 29.4 Å². The van der Waals surface area contributed by atoms with Crippen molar-refractivity contribution in [2.75, 3.05) is 31.1 Å². The zero-order chi connectivity index (χ0) is 23.6. The molecule has 0 saturated carbocycles. The van der Waals surface area contributed by atoms with Gasteiger partial charge in [-0.15, -0.1) is 0 Å². The van der Waals surface area contributed by atoms with E-state index in [9.17, 15) is 14.0 Å². The summed E-state index contributed by atoms with van der Waals surface area (Å²) in [6, 6.07) is 4.45. The minimum absolute atomic E-state index is 0.0188. The number of anilines is 1. The zero-order valence-electron chi connectivity index (χ0n) is 18.3. The molecule has 10 heteroatoms. The zero-order valence-corrected chi connectivity index (χ0v) is 19.1. The van der Waals surface area contributed by atoms with Gasteiger partial charge in [0.15, 0.2) is 0 Å². The van der Waals surface area contributed by atoms with Crippen LogP contribution in [-0.2, 0) is 16.0 Å². The molecule has 0 bridgehead atoms. The smallest absolute Gasteiger partial charge is 0.305 e. The number of benzene rings is 1. The molecule has 2 N–H and O–H groups in total. The normalized spacial score (nSPS) is 14.2. The standard InChI is InChI=1S/C23H28ClFN4O4/c24-18-14-27-23(28-15-18)29-9-6-16(7-10-29)2-1-11-33-19-4-3-17(20(25)13-19)12-21(30)26-8-5-22(31)32/h3-4,13-16H,1-2,5-12H2,(H,26,30)(H,31,32). The number of aromatic nitrogens is 2. The van der Waals surface area contributed by atoms with Gasteiger partial charge in [-0.25, -0.2) is 14.4 Å². The van der Waals surface area contributed by atoms with Crippen molar-refractivity contribution in [2.45, 2.75) is 38.5 Å². The summed E-state index contributed by atoms with van der Waals surface area (Å²) in [5.74, 6) is -0.186. The molecule has 0 unspecified atom stereocenters. The number of carbonyl (C=O) groups is 2. The molecule has 2 heterocycles. The highest BCUT2D eigenvalue weighted by molar-refractivity contribution is 6.30. The van der Waals surface area contributed by atoms with Crippen molar-refractivity contribution < 1.29 is 23.8 Å². The Kier molecular flexibility index (Phi) is 9.24. The Morgan fingerprint density at radius 1 is 1.24 bits per heavy atom. The fourth-order valence-corrected chi connectivity index (χ4v) is 3.86. The first-order valence-corrected chi connectivity index (χ1v) is 11.4. The number of piperidine rings is 1. The Hall–Kier alpha value is -2.94. The van der Waals surface area contributed by atoms with E-state index in [0.717, 1.165) is 38.8 Å². The van der Waals surface area contributed by atoms with E-state index in [1.54, 1.807) is 18.5 Å². The molecule has 0 radical (unpaired) electrons. The van der Waals surface area contributed by atoms with Gasteiger partial charge in [-0.2, -0.15) is 0 Å². The second-order valence-corrected chi connectivity index (χ2v) is 8.48. The van der Waals surface area contributed by atoms with Gasteiger partial charge in [-0.05, 0) is 43.2 Å². The maximum absolute atomic E-state index is 14.3. The molecule has 1 aliphatic rings. The molecule has 0 spiro atoms. The maximum Gasteiger partial charge on any atom is 0.305 e. The SMILES string of the molecule is O=C(O)CCNC(=O)Cc1ccc(OCCCC2CCN(c3ncc(Cl)cn3)CC2)cc1F. The van der Waals surface area contributed by atoms with Crippen LogP contribution in [0.3, 0.4) is 0 Å². The molecule has 1 aromatic carbocycles. The molecule has 3 rings (SSSR count). The van der Waals surface area contributed by atoms with E-state index in [2.05, 4.69) is 20.2 Å². The Morgan fingerprint density at radius 2 is 1.97 bits per heavy atom. The number of ether oxygens (including phenoxy) is 1. The number of carbonyl (C=O) groups excluding carboxylic acids is 1. The molecule has 1 aliphatic heterocycles. The second kappa shape index (κ2) is 12.3. The van der Waals surface area contributed by atoms with E-state index in [1.165, 1.54) is 12.1 Å². The number of hydrogen-bond acceptors (Lipinski definition) is 6. The monoisotopic (exact) mass is 478 g/mol. The van der Waals surface area contributed by atoms with Crippen molar-refractivity contribution in [1.29, 1.82) is 0 Å². The lowest BCUT2D eigenvalue weighted by atomic mass is 9.92. The minimum Gasteiger partial charge on any atom is -0.493 e. The van der Waals surface area contributed by atoms with Gasteiger partial charge >= 0.3 is 5.97 Å². The number of aliphatic carboxylic acids is 1. The molecule has 2 aromatic rings. The van der Waals surface area contributed by atoms with Crippen LogP contribution in [0.5, 0.6) is 5.75 Å². The molecular weight excluding hydrogens is 451 g/mol. The fourth-order valence-electron chi connectivity index (χ4n) is 3.76. The van der Waals surface area contributed by atoms with Crippen LogP contribution in [0.15, 0.2) is 30.6 Å². The van der Waals surface area contributed by atoms with Gasteiger partial charge in [-0.1, -0.05) is 17.7 Å². The average Bonchev–Trinajstić information content (AvgIpc) is 2.79. The summed E-state index contributed by atoms with van der Waals surface area (Å²) in [5, 5.41) is 11.6. The first-order valence-electron chi connectivity index (χ1n) is 11.0. The lowest BCUT2D eigenvalue weighted by Gasteiger charge is -2.31. The summed E-state index contributed by atoms with van der Waals surface area (Å²) in [5.41, 5.74) is 0.242. The molecular formula is C23H28ClFN4O4. The molecule has 33 heavy (non-hydrogen) atoms. The van der Waals surface area contributed by atoms with Crippen molar-refractivity contribution in [3.8, 4) is 5.75 Å². The average molecular weight is 479 g/mol. The Labute approximate surface area is 197 Å². The molecule has 178 valence electrons. The third-order valence-corrected chi connectivity index (χ3v) is 5.76. The lowest BCUT2D eigenvalue weighted by molar-refractivity contribution is -0.136. The first kappa shape index (κ1) is 24.7. The lowest BCUT2D eigenvalue weighted by Crippen LogP contribution is -2.34. The molecule has 0 atom stereocenters. The molecule has 1 aromatic heterocycles. The fraction of sp³-hybridized carbons (Fsp3) is 0.478. The van der Waals surface area contributed by atoms with Crippen LogP contribution >= 0.6 is 11.6 Å². The number of hydrogen-bond donors (Lipinski definition) is 2. The second-order valence-electron chi connectivity index (χ2n) is 8.05. The third kappa shape index (κ3) is 8.16. The molecule has 1 fully saturated rings. The van der Waals surface area contributed by atoms with Gasteiger partial charge in [-0.3, -0.25) is 9.59 Å². The van der Waals surface area contributed by atoms with Gasteiger partial charge in [0.2, 0.25) is 11.9 Å². The van der Waals surface area contributed by atoms with Gasteiger partial charge < -0.3 is 20.1 Å². The van der Waals surface area contributed by atoms with Crippen LogP contribution in [0.25, 0.3) is 0 Å². The van der Waals surface area contributed by atoms with Crippen molar-refractivity contribution in [3.05, 3.63) is 47.0 Å². The van der Waals surface area contributed by atoms with Crippen molar-refractivity contribution in [2.24, 2.45) is 5.92 Å². The first-order chi connectivity index (χ1) is 15.9.